The van der Waals surface area contributed by atoms with Crippen LogP contribution in [0.25, 0.3) is 0 Å². The highest BCUT2D eigenvalue weighted by atomic mass is 16.5. The molecule has 4 nitrogen and oxygen atoms in total. The number of carbonyl (C=O) groups is 1. The van der Waals surface area contributed by atoms with Gasteiger partial charge in [0.25, 0.3) is 5.91 Å². The number of nitrogens with zero attached hydrogens (tertiary/aromatic N) is 2. The average Bonchev–Trinajstić information content (AvgIpc) is 3.51. The molecular weight excluding hydrogens is 336 g/mol. The van der Waals surface area contributed by atoms with E-state index < -0.39 is 6.10 Å². The standard InChI is InChI=1S/C23H26N2O2/c1-16(2)20-8-4-19(5-9-20)15-25(21-10-11-21)23(26)17(3)27-22-12-6-18(14-24)7-13-22/h4-9,12-13,16-17,21H,10-11,15H2,1-3H3. The summed E-state index contributed by atoms with van der Waals surface area (Å²) in [4.78, 5) is 14.9. The first-order valence-electron chi connectivity index (χ1n) is 9.54. The lowest BCUT2D eigenvalue weighted by molar-refractivity contribution is -0.139. The zero-order valence-corrected chi connectivity index (χ0v) is 16.2. The molecule has 2 aromatic carbocycles. The Morgan fingerprint density at radius 1 is 1.11 bits per heavy atom. The highest BCUT2D eigenvalue weighted by Gasteiger charge is 2.35. The summed E-state index contributed by atoms with van der Waals surface area (Å²) in [5, 5.41) is 8.88. The van der Waals surface area contributed by atoms with Crippen LogP contribution in [0.15, 0.2) is 48.5 Å². The maximum absolute atomic E-state index is 13.0. The fourth-order valence-corrected chi connectivity index (χ4v) is 3.07. The molecule has 0 heterocycles. The molecule has 1 fully saturated rings. The summed E-state index contributed by atoms with van der Waals surface area (Å²) in [6.07, 6.45) is 1.55. The van der Waals surface area contributed by atoms with E-state index in [-0.39, 0.29) is 5.91 Å². The van der Waals surface area contributed by atoms with Crippen LogP contribution in [0.2, 0.25) is 0 Å². The Hall–Kier alpha value is -2.80. The number of ether oxygens (including phenoxy) is 1. The van der Waals surface area contributed by atoms with Gasteiger partial charge in [0.2, 0.25) is 0 Å². The third-order valence-electron chi connectivity index (χ3n) is 4.91. The van der Waals surface area contributed by atoms with Crippen LogP contribution in [-0.4, -0.2) is 23.0 Å². The molecule has 0 bridgehead atoms. The van der Waals surface area contributed by atoms with Gasteiger partial charge in [-0.1, -0.05) is 38.1 Å². The van der Waals surface area contributed by atoms with Crippen molar-refractivity contribution in [1.82, 2.24) is 4.90 Å². The Kier molecular flexibility index (Phi) is 5.81. The molecule has 0 aliphatic heterocycles. The molecule has 1 aliphatic rings. The monoisotopic (exact) mass is 362 g/mol. The lowest BCUT2D eigenvalue weighted by atomic mass is 10.0. The zero-order valence-electron chi connectivity index (χ0n) is 16.2. The molecule has 27 heavy (non-hydrogen) atoms. The van der Waals surface area contributed by atoms with Crippen LogP contribution in [0.4, 0.5) is 0 Å². The molecular formula is C23H26N2O2. The second-order valence-corrected chi connectivity index (χ2v) is 7.49. The smallest absolute Gasteiger partial charge is 0.263 e. The molecule has 1 aliphatic carbocycles. The summed E-state index contributed by atoms with van der Waals surface area (Å²) in [6, 6.07) is 17.8. The molecule has 1 saturated carbocycles. The number of hydrogen-bond acceptors (Lipinski definition) is 3. The Morgan fingerprint density at radius 2 is 1.74 bits per heavy atom. The highest BCUT2D eigenvalue weighted by molar-refractivity contribution is 5.81. The molecule has 0 radical (unpaired) electrons. The van der Waals surface area contributed by atoms with Crippen molar-refractivity contribution in [3.63, 3.8) is 0 Å². The summed E-state index contributed by atoms with van der Waals surface area (Å²) in [6.45, 7) is 6.76. The normalized spacial score (nSPS) is 14.5. The van der Waals surface area contributed by atoms with Crippen LogP contribution < -0.4 is 4.74 Å². The predicted octanol–water partition coefficient (Wildman–Crippen LogP) is 4.64. The van der Waals surface area contributed by atoms with Crippen molar-refractivity contribution >= 4 is 5.91 Å². The molecule has 1 unspecified atom stereocenters. The number of hydrogen-bond donors (Lipinski definition) is 0. The Morgan fingerprint density at radius 3 is 2.26 bits per heavy atom. The van der Waals surface area contributed by atoms with Crippen LogP contribution in [0.1, 0.15) is 56.2 Å². The summed E-state index contributed by atoms with van der Waals surface area (Å²) in [7, 11) is 0. The van der Waals surface area contributed by atoms with E-state index in [0.717, 1.165) is 18.4 Å². The summed E-state index contributed by atoms with van der Waals surface area (Å²) in [5.41, 5.74) is 3.02. The van der Waals surface area contributed by atoms with Gasteiger partial charge in [0, 0.05) is 12.6 Å². The Balaban J connectivity index is 1.66. The van der Waals surface area contributed by atoms with Gasteiger partial charge in [-0.3, -0.25) is 4.79 Å². The number of carbonyl (C=O) groups excluding carboxylic acids is 1. The molecule has 1 amide bonds. The van der Waals surface area contributed by atoms with Gasteiger partial charge >= 0.3 is 0 Å². The maximum atomic E-state index is 13.0. The third kappa shape index (κ3) is 4.89. The van der Waals surface area contributed by atoms with Gasteiger partial charge in [-0.05, 0) is 61.1 Å². The molecule has 0 saturated heterocycles. The number of rotatable bonds is 7. The third-order valence-corrected chi connectivity index (χ3v) is 4.91. The lowest BCUT2D eigenvalue weighted by Gasteiger charge is -2.26. The van der Waals surface area contributed by atoms with Gasteiger partial charge in [0.05, 0.1) is 11.6 Å². The van der Waals surface area contributed by atoms with Crippen molar-refractivity contribution in [1.29, 1.82) is 5.26 Å². The first kappa shape index (κ1) is 19.0. The fraction of sp³-hybridized carbons (Fsp3) is 0.391. The van der Waals surface area contributed by atoms with Gasteiger partial charge in [-0.15, -0.1) is 0 Å². The molecule has 0 N–H and O–H groups in total. The minimum Gasteiger partial charge on any atom is -0.481 e. The van der Waals surface area contributed by atoms with E-state index in [2.05, 4.69) is 44.2 Å². The largest absolute Gasteiger partial charge is 0.481 e. The van der Waals surface area contributed by atoms with Gasteiger partial charge in [-0.25, -0.2) is 0 Å². The van der Waals surface area contributed by atoms with Gasteiger partial charge in [0.15, 0.2) is 6.10 Å². The van der Waals surface area contributed by atoms with E-state index in [1.807, 2.05) is 4.90 Å². The number of nitriles is 1. The summed E-state index contributed by atoms with van der Waals surface area (Å²) < 4.78 is 5.82. The molecule has 3 rings (SSSR count). The quantitative estimate of drug-likeness (QED) is 0.721. The predicted molar refractivity (Wildman–Crippen MR) is 105 cm³/mol. The first-order valence-corrected chi connectivity index (χ1v) is 9.54. The van der Waals surface area contributed by atoms with E-state index in [9.17, 15) is 4.79 Å². The van der Waals surface area contributed by atoms with Gasteiger partial charge in [-0.2, -0.15) is 5.26 Å². The molecule has 140 valence electrons. The molecule has 4 heteroatoms. The lowest BCUT2D eigenvalue weighted by Crippen LogP contribution is -2.41. The van der Waals surface area contributed by atoms with Crippen molar-refractivity contribution in [3.05, 3.63) is 65.2 Å². The van der Waals surface area contributed by atoms with Crippen molar-refractivity contribution in [3.8, 4) is 11.8 Å². The van der Waals surface area contributed by atoms with Crippen molar-refractivity contribution in [2.45, 2.75) is 58.2 Å². The van der Waals surface area contributed by atoms with E-state index in [0.29, 0.717) is 29.8 Å². The maximum Gasteiger partial charge on any atom is 0.263 e. The van der Waals surface area contributed by atoms with E-state index in [1.54, 1.807) is 31.2 Å². The topological polar surface area (TPSA) is 53.3 Å². The van der Waals surface area contributed by atoms with Gasteiger partial charge in [0.1, 0.15) is 5.75 Å². The molecule has 2 aromatic rings. The van der Waals surface area contributed by atoms with Crippen LogP contribution >= 0.6 is 0 Å². The SMILES string of the molecule is CC(Oc1ccc(C#N)cc1)C(=O)N(Cc1ccc(C(C)C)cc1)C1CC1. The second-order valence-electron chi connectivity index (χ2n) is 7.49. The van der Waals surface area contributed by atoms with E-state index in [4.69, 9.17) is 10.00 Å². The minimum atomic E-state index is -0.562. The van der Waals surface area contributed by atoms with E-state index in [1.165, 1.54) is 5.56 Å². The minimum absolute atomic E-state index is 0.00907. The number of amides is 1. The van der Waals surface area contributed by atoms with Crippen LogP contribution in [0.5, 0.6) is 5.75 Å². The van der Waals surface area contributed by atoms with Crippen molar-refractivity contribution in [2.75, 3.05) is 0 Å². The average molecular weight is 362 g/mol. The van der Waals surface area contributed by atoms with Crippen molar-refractivity contribution < 1.29 is 9.53 Å². The summed E-state index contributed by atoms with van der Waals surface area (Å²) in [5.74, 6) is 1.11. The first-order chi connectivity index (χ1) is 13.0. The van der Waals surface area contributed by atoms with Crippen LogP contribution in [0, 0.1) is 11.3 Å². The fourth-order valence-electron chi connectivity index (χ4n) is 3.07. The molecule has 1 atom stereocenters. The molecule has 0 aromatic heterocycles. The second kappa shape index (κ2) is 8.26. The summed E-state index contributed by atoms with van der Waals surface area (Å²) >= 11 is 0. The van der Waals surface area contributed by atoms with Crippen LogP contribution in [0.3, 0.4) is 0 Å². The zero-order chi connectivity index (χ0) is 19.4. The Labute approximate surface area is 161 Å². The highest BCUT2D eigenvalue weighted by Crippen LogP contribution is 2.30. The molecule has 0 spiro atoms. The van der Waals surface area contributed by atoms with E-state index >= 15 is 0 Å². The van der Waals surface area contributed by atoms with Crippen molar-refractivity contribution in [2.24, 2.45) is 0 Å². The Bertz CT molecular complexity index is 815. The number of benzene rings is 2. The van der Waals surface area contributed by atoms with Gasteiger partial charge < -0.3 is 9.64 Å². The van der Waals surface area contributed by atoms with Crippen LogP contribution in [-0.2, 0) is 11.3 Å².